The monoisotopic (exact) mass is 323 g/mol. The zero-order valence-corrected chi connectivity index (χ0v) is 14.5. The molecule has 0 radical (unpaired) electrons. The Labute approximate surface area is 144 Å². The molecule has 5 nitrogen and oxygen atoms in total. The second-order valence-electron chi connectivity index (χ2n) is 6.24. The number of benzene rings is 1. The Bertz CT molecular complexity index is 643. The molecule has 0 saturated carbocycles. The molecule has 2 aromatic rings. The van der Waals surface area contributed by atoms with E-state index in [4.69, 9.17) is 0 Å². The lowest BCUT2D eigenvalue weighted by molar-refractivity contribution is 0.283. The van der Waals surface area contributed by atoms with Crippen LogP contribution in [0.25, 0.3) is 6.08 Å². The van der Waals surface area contributed by atoms with Gasteiger partial charge in [-0.15, -0.1) is 10.2 Å². The van der Waals surface area contributed by atoms with Crippen LogP contribution < -0.4 is 9.80 Å². The molecule has 24 heavy (non-hydrogen) atoms. The number of aromatic nitrogens is 2. The lowest BCUT2D eigenvalue weighted by Gasteiger charge is -2.34. The molecule has 0 spiro atoms. The summed E-state index contributed by atoms with van der Waals surface area (Å²) in [5, 5.41) is 8.62. The fraction of sp³-hybridized carbons (Fsp3) is 0.368. The van der Waals surface area contributed by atoms with Gasteiger partial charge in [0.25, 0.3) is 0 Å². The Balaban J connectivity index is 1.48. The summed E-state index contributed by atoms with van der Waals surface area (Å²) in [4.78, 5) is 6.75. The van der Waals surface area contributed by atoms with Gasteiger partial charge in [0.1, 0.15) is 0 Å². The highest BCUT2D eigenvalue weighted by Gasteiger charge is 2.17. The average Bonchev–Trinajstić information content (AvgIpc) is 2.63. The van der Waals surface area contributed by atoms with E-state index in [0.29, 0.717) is 0 Å². The Kier molecular flexibility index (Phi) is 5.43. The molecule has 0 amide bonds. The van der Waals surface area contributed by atoms with E-state index in [0.717, 1.165) is 44.4 Å². The third-order valence-corrected chi connectivity index (χ3v) is 4.26. The largest absolute Gasteiger partial charge is 0.361 e. The SMILES string of the molecule is CN(C)c1ccc(N2CCN(CC=Cc3ccccc3)CC2)nn1. The summed E-state index contributed by atoms with van der Waals surface area (Å²) in [6, 6.07) is 14.5. The summed E-state index contributed by atoms with van der Waals surface area (Å²) >= 11 is 0. The van der Waals surface area contributed by atoms with Crippen LogP contribution in [-0.2, 0) is 0 Å². The first-order valence-electron chi connectivity index (χ1n) is 8.42. The second kappa shape index (κ2) is 7.93. The van der Waals surface area contributed by atoms with Gasteiger partial charge in [0.2, 0.25) is 0 Å². The number of hydrogen-bond donors (Lipinski definition) is 0. The molecule has 1 aromatic carbocycles. The zero-order chi connectivity index (χ0) is 16.8. The fourth-order valence-electron chi connectivity index (χ4n) is 2.79. The maximum Gasteiger partial charge on any atom is 0.151 e. The Morgan fingerprint density at radius 2 is 1.71 bits per heavy atom. The summed E-state index contributed by atoms with van der Waals surface area (Å²) in [5.41, 5.74) is 1.26. The van der Waals surface area contributed by atoms with Crippen molar-refractivity contribution in [2.24, 2.45) is 0 Å². The van der Waals surface area contributed by atoms with E-state index in [9.17, 15) is 0 Å². The van der Waals surface area contributed by atoms with E-state index in [2.05, 4.69) is 62.5 Å². The van der Waals surface area contributed by atoms with Crippen LogP contribution in [0.2, 0.25) is 0 Å². The lowest BCUT2D eigenvalue weighted by Crippen LogP contribution is -2.46. The van der Waals surface area contributed by atoms with Crippen molar-refractivity contribution in [1.82, 2.24) is 15.1 Å². The van der Waals surface area contributed by atoms with Gasteiger partial charge in [0, 0.05) is 46.8 Å². The van der Waals surface area contributed by atoms with Crippen molar-refractivity contribution < 1.29 is 0 Å². The minimum absolute atomic E-state index is 0.892. The standard InChI is InChI=1S/C19H25N5/c1-22(2)18-10-11-19(21-20-18)24-15-13-23(14-16-24)12-6-9-17-7-4-3-5-8-17/h3-11H,12-16H2,1-2H3. The molecular weight excluding hydrogens is 298 g/mol. The molecule has 0 unspecified atom stereocenters. The maximum absolute atomic E-state index is 4.35. The first-order valence-corrected chi connectivity index (χ1v) is 8.42. The van der Waals surface area contributed by atoms with Crippen LogP contribution in [-0.4, -0.2) is 61.9 Å². The third kappa shape index (κ3) is 4.32. The van der Waals surface area contributed by atoms with Gasteiger partial charge in [-0.2, -0.15) is 0 Å². The highest BCUT2D eigenvalue weighted by molar-refractivity contribution is 5.49. The number of anilines is 2. The fourth-order valence-corrected chi connectivity index (χ4v) is 2.79. The van der Waals surface area contributed by atoms with Gasteiger partial charge in [-0.1, -0.05) is 42.5 Å². The van der Waals surface area contributed by atoms with E-state index in [-0.39, 0.29) is 0 Å². The molecule has 0 atom stereocenters. The molecule has 126 valence electrons. The number of piperazine rings is 1. The van der Waals surface area contributed by atoms with E-state index < -0.39 is 0 Å². The van der Waals surface area contributed by atoms with Crippen LogP contribution in [0.4, 0.5) is 11.6 Å². The first kappa shape index (κ1) is 16.5. The van der Waals surface area contributed by atoms with Crippen LogP contribution in [0, 0.1) is 0 Å². The van der Waals surface area contributed by atoms with Crippen molar-refractivity contribution in [3.8, 4) is 0 Å². The zero-order valence-electron chi connectivity index (χ0n) is 14.5. The summed E-state index contributed by atoms with van der Waals surface area (Å²) < 4.78 is 0. The van der Waals surface area contributed by atoms with Gasteiger partial charge in [-0.3, -0.25) is 4.90 Å². The van der Waals surface area contributed by atoms with Crippen molar-refractivity contribution in [3.63, 3.8) is 0 Å². The molecule has 2 heterocycles. The number of hydrogen-bond acceptors (Lipinski definition) is 5. The maximum atomic E-state index is 4.35. The molecule has 1 aliphatic rings. The number of rotatable bonds is 5. The van der Waals surface area contributed by atoms with Crippen molar-refractivity contribution >= 4 is 17.7 Å². The quantitative estimate of drug-likeness (QED) is 0.844. The van der Waals surface area contributed by atoms with Gasteiger partial charge in [0.15, 0.2) is 11.6 Å². The molecule has 0 aliphatic carbocycles. The molecule has 5 heteroatoms. The van der Waals surface area contributed by atoms with Crippen LogP contribution in [0.3, 0.4) is 0 Å². The first-order chi connectivity index (χ1) is 11.7. The van der Waals surface area contributed by atoms with Crippen molar-refractivity contribution in [1.29, 1.82) is 0 Å². The van der Waals surface area contributed by atoms with Crippen LogP contribution in [0.1, 0.15) is 5.56 Å². The predicted molar refractivity (Wildman–Crippen MR) is 100 cm³/mol. The van der Waals surface area contributed by atoms with E-state index in [1.54, 1.807) is 0 Å². The summed E-state index contributed by atoms with van der Waals surface area (Å²) in [5.74, 6) is 1.86. The smallest absolute Gasteiger partial charge is 0.151 e. The lowest BCUT2D eigenvalue weighted by atomic mass is 10.2. The molecule has 1 aliphatic heterocycles. The molecular formula is C19H25N5. The molecule has 0 bridgehead atoms. The predicted octanol–water partition coefficient (Wildman–Crippen LogP) is 2.38. The molecule has 3 rings (SSSR count). The Morgan fingerprint density at radius 3 is 2.33 bits per heavy atom. The Morgan fingerprint density at radius 1 is 0.958 bits per heavy atom. The van der Waals surface area contributed by atoms with Crippen molar-refractivity contribution in [2.45, 2.75) is 0 Å². The highest BCUT2D eigenvalue weighted by atomic mass is 15.3. The van der Waals surface area contributed by atoms with Crippen molar-refractivity contribution in [2.75, 3.05) is 56.6 Å². The van der Waals surface area contributed by atoms with Crippen LogP contribution in [0.15, 0.2) is 48.5 Å². The van der Waals surface area contributed by atoms with Crippen LogP contribution >= 0.6 is 0 Å². The van der Waals surface area contributed by atoms with Gasteiger partial charge in [0.05, 0.1) is 0 Å². The van der Waals surface area contributed by atoms with E-state index in [1.165, 1.54) is 5.56 Å². The summed E-state index contributed by atoms with van der Waals surface area (Å²) in [6.45, 7) is 5.09. The van der Waals surface area contributed by atoms with Gasteiger partial charge < -0.3 is 9.80 Å². The molecule has 1 fully saturated rings. The van der Waals surface area contributed by atoms with E-state index >= 15 is 0 Å². The van der Waals surface area contributed by atoms with Crippen LogP contribution in [0.5, 0.6) is 0 Å². The second-order valence-corrected chi connectivity index (χ2v) is 6.24. The summed E-state index contributed by atoms with van der Waals surface area (Å²) in [6.07, 6.45) is 4.44. The third-order valence-electron chi connectivity index (χ3n) is 4.26. The van der Waals surface area contributed by atoms with Crippen molar-refractivity contribution in [3.05, 3.63) is 54.1 Å². The minimum Gasteiger partial charge on any atom is -0.361 e. The summed E-state index contributed by atoms with van der Waals surface area (Å²) in [7, 11) is 3.96. The highest BCUT2D eigenvalue weighted by Crippen LogP contribution is 2.15. The van der Waals surface area contributed by atoms with Gasteiger partial charge >= 0.3 is 0 Å². The van der Waals surface area contributed by atoms with E-state index in [1.807, 2.05) is 31.1 Å². The molecule has 1 aromatic heterocycles. The van der Waals surface area contributed by atoms with Gasteiger partial charge in [-0.25, -0.2) is 0 Å². The molecule has 1 saturated heterocycles. The normalized spacial score (nSPS) is 15.8. The topological polar surface area (TPSA) is 35.5 Å². The average molecular weight is 323 g/mol. The Hall–Kier alpha value is -2.40. The minimum atomic E-state index is 0.892. The molecule has 0 N–H and O–H groups in total. The number of nitrogens with zero attached hydrogens (tertiary/aromatic N) is 5. The van der Waals surface area contributed by atoms with Gasteiger partial charge in [-0.05, 0) is 17.7 Å².